The molecule has 25 heavy (non-hydrogen) atoms. The first-order valence-electron chi connectivity index (χ1n) is 8.88. The molecular weight excluding hydrogens is 316 g/mol. The van der Waals surface area contributed by atoms with Crippen LogP contribution in [0.25, 0.3) is 0 Å². The highest BCUT2D eigenvalue weighted by Gasteiger charge is 2.41. The monoisotopic (exact) mass is 344 g/mol. The van der Waals surface area contributed by atoms with Crippen LogP contribution in [0.2, 0.25) is 0 Å². The zero-order chi connectivity index (χ0) is 17.9. The van der Waals surface area contributed by atoms with Gasteiger partial charge in [-0.3, -0.25) is 0 Å². The van der Waals surface area contributed by atoms with E-state index in [0.29, 0.717) is 13.2 Å². The van der Waals surface area contributed by atoms with E-state index in [0.717, 1.165) is 12.8 Å². The van der Waals surface area contributed by atoms with E-state index in [4.69, 9.17) is 9.47 Å². The second kappa shape index (κ2) is 7.28. The van der Waals surface area contributed by atoms with Crippen LogP contribution >= 0.6 is 0 Å². The molecule has 5 nitrogen and oxygen atoms in total. The van der Waals surface area contributed by atoms with Crippen molar-refractivity contribution in [3.8, 4) is 0 Å². The molecule has 1 aliphatic heterocycles. The van der Waals surface area contributed by atoms with Gasteiger partial charge in [-0.05, 0) is 23.0 Å². The minimum atomic E-state index is -0.712. The Hall–Kier alpha value is -1.69. The van der Waals surface area contributed by atoms with Crippen LogP contribution < -0.4 is 0 Å². The summed E-state index contributed by atoms with van der Waals surface area (Å²) in [7, 11) is 0. The minimum absolute atomic E-state index is 0.0219. The quantitative estimate of drug-likeness (QED) is 0.875. The van der Waals surface area contributed by atoms with Crippen LogP contribution in [0.5, 0.6) is 0 Å². The van der Waals surface area contributed by atoms with Crippen molar-refractivity contribution in [1.82, 2.24) is 9.55 Å². The molecule has 0 amide bonds. The lowest BCUT2D eigenvalue weighted by Crippen LogP contribution is -2.37. The molecular formula is C20H28N2O3. The Bertz CT molecular complexity index is 661. The predicted octanol–water partition coefficient (Wildman–Crippen LogP) is 2.92. The number of imidazole rings is 1. The average Bonchev–Trinajstić information content (AvgIpc) is 3.23. The Kier molecular flexibility index (Phi) is 5.27. The Balaban J connectivity index is 1.68. The highest BCUT2D eigenvalue weighted by Crippen LogP contribution is 2.31. The summed E-state index contributed by atoms with van der Waals surface area (Å²) in [6.07, 6.45) is 6.75. The largest absolute Gasteiger partial charge is 0.394 e. The van der Waals surface area contributed by atoms with Gasteiger partial charge >= 0.3 is 0 Å². The number of aliphatic hydroxyl groups is 1. The van der Waals surface area contributed by atoms with Crippen molar-refractivity contribution < 1.29 is 14.6 Å². The molecule has 0 spiro atoms. The van der Waals surface area contributed by atoms with E-state index in [9.17, 15) is 5.11 Å². The van der Waals surface area contributed by atoms with Gasteiger partial charge in [-0.25, -0.2) is 4.98 Å². The van der Waals surface area contributed by atoms with Crippen LogP contribution in [0, 0.1) is 0 Å². The van der Waals surface area contributed by atoms with E-state index in [1.54, 1.807) is 12.5 Å². The fourth-order valence-electron chi connectivity index (χ4n) is 3.16. The predicted molar refractivity (Wildman–Crippen MR) is 96.3 cm³/mol. The van der Waals surface area contributed by atoms with E-state index < -0.39 is 5.79 Å². The summed E-state index contributed by atoms with van der Waals surface area (Å²) >= 11 is 0. The third-order valence-electron chi connectivity index (χ3n) is 4.71. The van der Waals surface area contributed by atoms with Gasteiger partial charge in [0.1, 0.15) is 6.10 Å². The average molecular weight is 344 g/mol. The van der Waals surface area contributed by atoms with E-state index in [-0.39, 0.29) is 18.1 Å². The number of hydrogen-bond acceptors (Lipinski definition) is 4. The maximum absolute atomic E-state index is 9.39. The molecule has 3 rings (SSSR count). The highest BCUT2D eigenvalue weighted by atomic mass is 16.7. The van der Waals surface area contributed by atoms with E-state index in [1.165, 1.54) is 11.1 Å². The molecule has 1 fully saturated rings. The Morgan fingerprint density at radius 3 is 2.60 bits per heavy atom. The number of aryl methyl sites for hydroxylation is 1. The second-order valence-electron chi connectivity index (χ2n) is 7.83. The second-order valence-corrected chi connectivity index (χ2v) is 7.83. The van der Waals surface area contributed by atoms with Crippen molar-refractivity contribution in [2.75, 3.05) is 13.2 Å². The van der Waals surface area contributed by atoms with Crippen LogP contribution in [0.1, 0.15) is 38.3 Å². The zero-order valence-electron chi connectivity index (χ0n) is 15.3. The van der Waals surface area contributed by atoms with Crippen molar-refractivity contribution in [2.45, 2.75) is 57.5 Å². The van der Waals surface area contributed by atoms with Crippen LogP contribution in [0.15, 0.2) is 43.0 Å². The maximum atomic E-state index is 9.39. The van der Waals surface area contributed by atoms with Crippen molar-refractivity contribution in [3.63, 3.8) is 0 Å². The van der Waals surface area contributed by atoms with Crippen LogP contribution in [0.3, 0.4) is 0 Å². The molecule has 2 aromatic rings. The minimum Gasteiger partial charge on any atom is -0.394 e. The molecule has 1 aromatic carbocycles. The van der Waals surface area contributed by atoms with Gasteiger partial charge in [0.05, 0.1) is 26.1 Å². The molecule has 0 radical (unpaired) electrons. The number of aromatic nitrogens is 2. The van der Waals surface area contributed by atoms with E-state index in [1.807, 2.05) is 10.8 Å². The molecule has 0 saturated carbocycles. The van der Waals surface area contributed by atoms with Crippen LogP contribution in [0.4, 0.5) is 0 Å². The standard InChI is InChI=1S/C20H28N2O3/c1-19(2,3)17-6-4-16(5-7-17)8-9-20(14-22-11-10-21-15-22)24-13-18(12-23)25-20/h4-7,10-11,15,18,23H,8-9,12-14H2,1-3H3. The van der Waals surface area contributed by atoms with Gasteiger partial charge in [-0.2, -0.15) is 0 Å². The van der Waals surface area contributed by atoms with Crippen LogP contribution in [-0.4, -0.2) is 39.8 Å². The fourth-order valence-corrected chi connectivity index (χ4v) is 3.16. The molecule has 1 aromatic heterocycles. The molecule has 1 saturated heterocycles. The Labute approximate surface area is 149 Å². The molecule has 2 atom stereocenters. The summed E-state index contributed by atoms with van der Waals surface area (Å²) in [4.78, 5) is 4.09. The number of rotatable bonds is 6. The number of benzene rings is 1. The van der Waals surface area contributed by atoms with Crippen molar-refractivity contribution >= 4 is 0 Å². The number of aliphatic hydroxyl groups excluding tert-OH is 1. The van der Waals surface area contributed by atoms with Gasteiger partial charge in [0.15, 0.2) is 5.79 Å². The van der Waals surface area contributed by atoms with Gasteiger partial charge in [0.2, 0.25) is 0 Å². The normalized spacial score (nSPS) is 23.9. The van der Waals surface area contributed by atoms with Crippen LogP contribution in [-0.2, 0) is 27.9 Å². The van der Waals surface area contributed by atoms with Gasteiger partial charge in [-0.1, -0.05) is 45.0 Å². The van der Waals surface area contributed by atoms with E-state index >= 15 is 0 Å². The first-order chi connectivity index (χ1) is 11.9. The first-order valence-corrected chi connectivity index (χ1v) is 8.88. The molecule has 1 aliphatic rings. The topological polar surface area (TPSA) is 56.5 Å². The number of nitrogens with zero attached hydrogens (tertiary/aromatic N) is 2. The SMILES string of the molecule is CC(C)(C)c1ccc(CCC2(Cn3ccnc3)OCC(CO)O2)cc1. The zero-order valence-corrected chi connectivity index (χ0v) is 15.3. The molecule has 5 heteroatoms. The lowest BCUT2D eigenvalue weighted by atomic mass is 9.86. The molecule has 2 unspecified atom stereocenters. The maximum Gasteiger partial charge on any atom is 0.187 e. The Morgan fingerprint density at radius 2 is 2.04 bits per heavy atom. The van der Waals surface area contributed by atoms with E-state index in [2.05, 4.69) is 50.0 Å². The Morgan fingerprint density at radius 1 is 1.28 bits per heavy atom. The van der Waals surface area contributed by atoms with Crippen molar-refractivity contribution in [2.24, 2.45) is 0 Å². The summed E-state index contributed by atoms with van der Waals surface area (Å²) in [6, 6.07) is 8.77. The van der Waals surface area contributed by atoms with Crippen molar-refractivity contribution in [1.29, 1.82) is 0 Å². The molecule has 0 aliphatic carbocycles. The number of ether oxygens (including phenoxy) is 2. The molecule has 2 heterocycles. The number of hydrogen-bond donors (Lipinski definition) is 1. The molecule has 0 bridgehead atoms. The van der Waals surface area contributed by atoms with Gasteiger partial charge in [0, 0.05) is 18.8 Å². The molecule has 1 N–H and O–H groups in total. The van der Waals surface area contributed by atoms with Crippen molar-refractivity contribution in [3.05, 3.63) is 54.1 Å². The summed E-state index contributed by atoms with van der Waals surface area (Å²) in [6.45, 7) is 7.63. The van der Waals surface area contributed by atoms with Gasteiger partial charge < -0.3 is 19.1 Å². The smallest absolute Gasteiger partial charge is 0.187 e. The lowest BCUT2D eigenvalue weighted by molar-refractivity contribution is -0.185. The highest BCUT2D eigenvalue weighted by molar-refractivity contribution is 5.27. The van der Waals surface area contributed by atoms with Gasteiger partial charge in [-0.15, -0.1) is 0 Å². The lowest BCUT2D eigenvalue weighted by Gasteiger charge is -2.28. The third-order valence-corrected chi connectivity index (χ3v) is 4.71. The first kappa shape index (κ1) is 18.1. The summed E-state index contributed by atoms with van der Waals surface area (Å²) < 4.78 is 14.0. The van der Waals surface area contributed by atoms with Gasteiger partial charge in [0.25, 0.3) is 0 Å². The third kappa shape index (κ3) is 4.48. The summed E-state index contributed by atoms with van der Waals surface area (Å²) in [5, 5.41) is 9.39. The fraction of sp³-hybridized carbons (Fsp3) is 0.550. The summed E-state index contributed by atoms with van der Waals surface area (Å²) in [5.41, 5.74) is 2.75. The molecule has 136 valence electrons. The summed E-state index contributed by atoms with van der Waals surface area (Å²) in [5.74, 6) is -0.712.